The monoisotopic (exact) mass is 244 g/mol. The molecule has 2 aliphatic rings. The fourth-order valence-corrected chi connectivity index (χ4v) is 4.12. The fraction of sp³-hybridized carbons (Fsp3) is 0.429. The van der Waals surface area contributed by atoms with Crippen LogP contribution in [0.2, 0.25) is 0 Å². The topological polar surface area (TPSA) is 17.0 Å². The van der Waals surface area contributed by atoms with E-state index in [4.69, 9.17) is 0 Å². The lowest BCUT2D eigenvalue weighted by atomic mass is 10.0. The molecule has 17 heavy (non-hydrogen) atoms. The van der Waals surface area contributed by atoms with E-state index in [1.165, 1.54) is 40.9 Å². The molecule has 0 fully saturated rings. The lowest BCUT2D eigenvalue weighted by Gasteiger charge is -2.16. The van der Waals surface area contributed by atoms with Gasteiger partial charge in [0.2, 0.25) is 0 Å². The van der Waals surface area contributed by atoms with Crippen LogP contribution in [0.1, 0.15) is 16.8 Å². The predicted octanol–water partition coefficient (Wildman–Crippen LogP) is 2.53. The molecule has 0 saturated carbocycles. The summed E-state index contributed by atoms with van der Waals surface area (Å²) < 4.78 is 2.60. The summed E-state index contributed by atoms with van der Waals surface area (Å²) in [5.41, 5.74) is 6.19. The third-order valence-electron chi connectivity index (χ3n) is 3.95. The molecule has 0 atom stereocenters. The first-order chi connectivity index (χ1) is 8.45. The molecule has 1 N–H and O–H groups in total. The molecule has 1 aromatic heterocycles. The van der Waals surface area contributed by atoms with Gasteiger partial charge >= 0.3 is 0 Å². The van der Waals surface area contributed by atoms with Crippen molar-refractivity contribution in [3.8, 4) is 0 Å². The van der Waals surface area contributed by atoms with Crippen molar-refractivity contribution in [3.05, 3.63) is 35.0 Å². The van der Waals surface area contributed by atoms with Crippen molar-refractivity contribution in [2.45, 2.75) is 25.3 Å². The summed E-state index contributed by atoms with van der Waals surface area (Å²) in [4.78, 5) is 0. The van der Waals surface area contributed by atoms with Crippen molar-refractivity contribution >= 4 is 22.7 Å². The number of fused-ring (bicyclic) bond motifs is 3. The van der Waals surface area contributed by atoms with Crippen LogP contribution in [-0.4, -0.2) is 16.9 Å². The Balaban J connectivity index is 2.11. The summed E-state index contributed by atoms with van der Waals surface area (Å²) in [6, 6.07) is 6.83. The van der Waals surface area contributed by atoms with Crippen LogP contribution in [0.5, 0.6) is 0 Å². The Morgan fingerprint density at radius 1 is 1.29 bits per heavy atom. The van der Waals surface area contributed by atoms with Gasteiger partial charge in [0.1, 0.15) is 0 Å². The Labute approximate surface area is 105 Å². The largest absolute Gasteiger partial charge is 0.343 e. The number of aromatic nitrogens is 1. The highest BCUT2D eigenvalue weighted by atomic mass is 32.2. The zero-order chi connectivity index (χ0) is 11.2. The van der Waals surface area contributed by atoms with Crippen LogP contribution in [0, 0.1) is 0 Å². The summed E-state index contributed by atoms with van der Waals surface area (Å²) in [6.45, 7) is 3.37. The quantitative estimate of drug-likeness (QED) is 0.767. The van der Waals surface area contributed by atoms with Gasteiger partial charge in [-0.15, -0.1) is 0 Å². The third-order valence-corrected chi connectivity index (χ3v) is 4.93. The average molecular weight is 244 g/mol. The second-order valence-corrected chi connectivity index (χ2v) is 5.97. The van der Waals surface area contributed by atoms with Gasteiger partial charge in [0.05, 0.1) is 5.52 Å². The maximum absolute atomic E-state index is 3.51. The highest BCUT2D eigenvalue weighted by Gasteiger charge is 2.22. The molecule has 4 rings (SSSR count). The summed E-state index contributed by atoms with van der Waals surface area (Å²) in [7, 11) is 0. The molecule has 2 aliphatic heterocycles. The highest BCUT2D eigenvalue weighted by Crippen LogP contribution is 2.34. The summed E-state index contributed by atoms with van der Waals surface area (Å²) in [6.07, 6.45) is 1.19. The number of nitrogens with zero attached hydrogens (tertiary/aromatic N) is 1. The minimum atomic E-state index is 1.05. The fourth-order valence-electron chi connectivity index (χ4n) is 3.21. The van der Waals surface area contributed by atoms with Gasteiger partial charge in [-0.05, 0) is 11.1 Å². The predicted molar refractivity (Wildman–Crippen MR) is 73.5 cm³/mol. The minimum Gasteiger partial charge on any atom is -0.343 e. The van der Waals surface area contributed by atoms with Crippen LogP contribution in [0.3, 0.4) is 0 Å². The Morgan fingerprint density at radius 3 is 3.29 bits per heavy atom. The smallest absolute Gasteiger partial charge is 0.0527 e. The molecule has 0 bridgehead atoms. The van der Waals surface area contributed by atoms with Crippen molar-refractivity contribution < 1.29 is 0 Å². The second-order valence-electron chi connectivity index (χ2n) is 4.87. The van der Waals surface area contributed by atoms with E-state index in [0.29, 0.717) is 0 Å². The average Bonchev–Trinajstić information content (AvgIpc) is 2.56. The van der Waals surface area contributed by atoms with E-state index in [2.05, 4.69) is 39.8 Å². The van der Waals surface area contributed by atoms with Crippen molar-refractivity contribution in [2.24, 2.45) is 0 Å². The van der Waals surface area contributed by atoms with E-state index in [0.717, 1.165) is 13.1 Å². The van der Waals surface area contributed by atoms with Crippen LogP contribution in [0.15, 0.2) is 18.2 Å². The van der Waals surface area contributed by atoms with Crippen LogP contribution in [0.4, 0.5) is 0 Å². The van der Waals surface area contributed by atoms with Crippen LogP contribution < -0.4 is 5.32 Å². The molecule has 0 aliphatic carbocycles. The zero-order valence-electron chi connectivity index (χ0n) is 9.83. The van der Waals surface area contributed by atoms with E-state index in [1.807, 2.05) is 0 Å². The van der Waals surface area contributed by atoms with Crippen molar-refractivity contribution in [1.29, 1.82) is 0 Å². The van der Waals surface area contributed by atoms with Crippen molar-refractivity contribution in [1.82, 2.24) is 9.88 Å². The lowest BCUT2D eigenvalue weighted by molar-refractivity contribution is 0.608. The van der Waals surface area contributed by atoms with Gasteiger partial charge in [-0.3, -0.25) is 0 Å². The Hall–Kier alpha value is -0.930. The highest BCUT2D eigenvalue weighted by molar-refractivity contribution is 7.98. The molecule has 2 aromatic rings. The molecule has 0 unspecified atom stereocenters. The molecule has 0 amide bonds. The maximum atomic E-state index is 3.51. The van der Waals surface area contributed by atoms with Gasteiger partial charge in [-0.25, -0.2) is 0 Å². The number of thioether (sulfide) groups is 1. The maximum Gasteiger partial charge on any atom is 0.0527 e. The molecule has 0 spiro atoms. The summed E-state index contributed by atoms with van der Waals surface area (Å²) in [5, 5.41) is 5.00. The third kappa shape index (κ3) is 1.39. The zero-order valence-corrected chi connectivity index (χ0v) is 10.6. The van der Waals surface area contributed by atoms with E-state index >= 15 is 0 Å². The molecule has 3 heteroatoms. The van der Waals surface area contributed by atoms with Crippen LogP contribution in [0.25, 0.3) is 10.9 Å². The molecular weight excluding hydrogens is 228 g/mol. The summed E-state index contributed by atoms with van der Waals surface area (Å²) >= 11 is 2.06. The van der Waals surface area contributed by atoms with E-state index in [-0.39, 0.29) is 0 Å². The standard InChI is InChI=1S/C14H16N2S/c1-2-10-9-17-7-6-16-13-4-5-15-8-12(13)11(3-1)14(10)16/h1-3,15H,4-9H2. The number of nitrogens with one attached hydrogen (secondary N) is 1. The first kappa shape index (κ1) is 10.0. The Morgan fingerprint density at radius 2 is 2.29 bits per heavy atom. The van der Waals surface area contributed by atoms with Gasteiger partial charge in [0.25, 0.3) is 0 Å². The van der Waals surface area contributed by atoms with E-state index in [1.54, 1.807) is 11.3 Å². The molecular formula is C14H16N2S. The van der Waals surface area contributed by atoms with E-state index in [9.17, 15) is 0 Å². The Kier molecular flexibility index (Phi) is 2.24. The SMILES string of the molecule is c1cc2c3c(c1)c1c(n3CCSC2)CCNC1. The first-order valence-corrected chi connectivity index (χ1v) is 7.51. The second kappa shape index (κ2) is 3.79. The number of rotatable bonds is 0. The van der Waals surface area contributed by atoms with E-state index < -0.39 is 0 Å². The van der Waals surface area contributed by atoms with Crippen molar-refractivity contribution in [3.63, 3.8) is 0 Å². The van der Waals surface area contributed by atoms with Gasteiger partial charge in [-0.2, -0.15) is 11.8 Å². The number of hydrogen-bond acceptors (Lipinski definition) is 2. The molecule has 2 nitrogen and oxygen atoms in total. The van der Waals surface area contributed by atoms with Gasteiger partial charge in [0, 0.05) is 48.6 Å². The molecule has 88 valence electrons. The van der Waals surface area contributed by atoms with Crippen molar-refractivity contribution in [2.75, 3.05) is 12.3 Å². The van der Waals surface area contributed by atoms with Crippen LogP contribution in [-0.2, 0) is 25.3 Å². The van der Waals surface area contributed by atoms with Gasteiger partial charge in [-0.1, -0.05) is 18.2 Å². The number of benzene rings is 1. The molecule has 0 radical (unpaired) electrons. The molecule has 0 saturated heterocycles. The van der Waals surface area contributed by atoms with Gasteiger partial charge in [0.15, 0.2) is 0 Å². The molecule has 3 heterocycles. The number of aryl methyl sites for hydroxylation is 1. The minimum absolute atomic E-state index is 1.05. The van der Waals surface area contributed by atoms with Crippen LogP contribution >= 0.6 is 11.8 Å². The summed E-state index contributed by atoms with van der Waals surface area (Å²) in [5.74, 6) is 2.42. The number of hydrogen-bond donors (Lipinski definition) is 1. The normalized spacial score (nSPS) is 19.1. The Bertz CT molecular complexity index is 585. The number of para-hydroxylation sites is 1. The lowest BCUT2D eigenvalue weighted by Crippen LogP contribution is -2.24. The molecule has 1 aromatic carbocycles. The first-order valence-electron chi connectivity index (χ1n) is 6.35. The van der Waals surface area contributed by atoms with Gasteiger partial charge < -0.3 is 9.88 Å².